The van der Waals surface area contributed by atoms with Crippen LogP contribution in [0.25, 0.3) is 11.1 Å². The van der Waals surface area contributed by atoms with Crippen LogP contribution < -0.4 is 4.90 Å². The zero-order valence-corrected chi connectivity index (χ0v) is 13.4. The van der Waals surface area contributed by atoms with Crippen LogP contribution in [0.5, 0.6) is 0 Å². The Morgan fingerprint density at radius 1 is 0.708 bits per heavy atom. The lowest BCUT2D eigenvalue weighted by Gasteiger charge is -2.46. The van der Waals surface area contributed by atoms with Crippen LogP contribution in [0.4, 0.5) is 5.69 Å². The molecule has 1 saturated heterocycles. The zero-order valence-electron chi connectivity index (χ0n) is 13.4. The van der Waals surface area contributed by atoms with Crippen LogP contribution in [-0.2, 0) is 0 Å². The van der Waals surface area contributed by atoms with Gasteiger partial charge < -0.3 is 4.90 Å². The topological polar surface area (TPSA) is 3.24 Å². The van der Waals surface area contributed by atoms with E-state index in [1.807, 2.05) is 0 Å². The second-order valence-corrected chi connectivity index (χ2v) is 6.83. The molecule has 1 unspecified atom stereocenters. The summed E-state index contributed by atoms with van der Waals surface area (Å²) in [6.07, 6.45) is 11.7. The monoisotopic (exact) mass is 307 g/mol. The molecule has 0 saturated carbocycles. The van der Waals surface area contributed by atoms with Crippen molar-refractivity contribution in [3.05, 3.63) is 101 Å². The Labute approximate surface area is 141 Å². The highest BCUT2D eigenvalue weighted by Gasteiger charge is 2.43. The van der Waals surface area contributed by atoms with E-state index in [1.165, 1.54) is 44.8 Å². The molecule has 2 heterocycles. The summed E-state index contributed by atoms with van der Waals surface area (Å²) < 4.78 is 0. The number of anilines is 1. The van der Waals surface area contributed by atoms with E-state index in [0.29, 0.717) is 6.04 Å². The minimum absolute atomic E-state index is 0.311. The summed E-state index contributed by atoms with van der Waals surface area (Å²) in [6, 6.07) is 18.1. The number of piperidine rings is 1. The molecule has 1 atom stereocenters. The summed E-state index contributed by atoms with van der Waals surface area (Å²) in [6.45, 7) is 0. The van der Waals surface area contributed by atoms with Crippen LogP contribution in [0.15, 0.2) is 95.3 Å². The van der Waals surface area contributed by atoms with Crippen molar-refractivity contribution in [1.82, 2.24) is 0 Å². The van der Waals surface area contributed by atoms with Gasteiger partial charge in [-0.2, -0.15) is 0 Å². The molecule has 1 heteroatoms. The van der Waals surface area contributed by atoms with Gasteiger partial charge in [0.25, 0.3) is 0 Å². The number of allylic oxidation sites excluding steroid dienone is 5. The first-order chi connectivity index (χ1) is 11.9. The number of para-hydroxylation sites is 1. The molecule has 0 bridgehead atoms. The number of benzene rings is 2. The summed E-state index contributed by atoms with van der Waals surface area (Å²) in [5.41, 5.74) is 11.3. The Balaban J connectivity index is 1.72. The average molecular weight is 307 g/mol. The zero-order chi connectivity index (χ0) is 15.7. The third-order valence-corrected chi connectivity index (χ3v) is 5.69. The van der Waals surface area contributed by atoms with Crippen LogP contribution in [0.3, 0.4) is 0 Å². The molecule has 0 amide bonds. The van der Waals surface area contributed by atoms with Gasteiger partial charge in [-0.05, 0) is 41.2 Å². The average Bonchev–Trinajstić information content (AvgIpc) is 3.30. The first-order valence-electron chi connectivity index (χ1n) is 8.73. The fourth-order valence-corrected chi connectivity index (χ4v) is 4.78. The Morgan fingerprint density at radius 3 is 2.42 bits per heavy atom. The Morgan fingerprint density at radius 2 is 1.46 bits per heavy atom. The minimum atomic E-state index is 0.311. The highest BCUT2D eigenvalue weighted by molar-refractivity contribution is 5.91. The van der Waals surface area contributed by atoms with Crippen molar-refractivity contribution in [1.29, 1.82) is 0 Å². The standard InChI is InChI=1S/C23H17N/c1-2-9-19-15(7-1)17-8-3-4-13-21(17)24-22-14-6-11-18(22)16-10-5-12-20(16)23(19)24/h1-4,7-14,23H,5-6H2. The van der Waals surface area contributed by atoms with Gasteiger partial charge in [0.1, 0.15) is 0 Å². The van der Waals surface area contributed by atoms with Crippen molar-refractivity contribution in [2.45, 2.75) is 18.9 Å². The molecule has 1 fully saturated rings. The van der Waals surface area contributed by atoms with Gasteiger partial charge in [-0.1, -0.05) is 66.8 Å². The van der Waals surface area contributed by atoms with Gasteiger partial charge >= 0.3 is 0 Å². The summed E-state index contributed by atoms with van der Waals surface area (Å²) >= 11 is 0. The molecule has 6 rings (SSSR count). The number of nitrogens with zero attached hydrogens (tertiary/aromatic N) is 1. The maximum absolute atomic E-state index is 2.57. The molecule has 2 aliphatic heterocycles. The van der Waals surface area contributed by atoms with E-state index in [4.69, 9.17) is 0 Å². The van der Waals surface area contributed by atoms with Gasteiger partial charge in [0.15, 0.2) is 0 Å². The fraction of sp³-hybridized carbons (Fsp3) is 0.130. The van der Waals surface area contributed by atoms with E-state index in [9.17, 15) is 0 Å². The van der Waals surface area contributed by atoms with E-state index in [1.54, 1.807) is 0 Å². The second-order valence-electron chi connectivity index (χ2n) is 6.83. The Kier molecular flexibility index (Phi) is 2.30. The predicted octanol–water partition coefficient (Wildman–Crippen LogP) is 5.70. The first-order valence-corrected chi connectivity index (χ1v) is 8.73. The Bertz CT molecular complexity index is 932. The number of fused-ring (bicyclic) bond motifs is 11. The molecule has 24 heavy (non-hydrogen) atoms. The summed E-state index contributed by atoms with van der Waals surface area (Å²) in [5, 5.41) is 0. The highest BCUT2D eigenvalue weighted by atomic mass is 15.2. The largest absolute Gasteiger partial charge is 0.329 e. The van der Waals surface area contributed by atoms with Crippen LogP contribution in [-0.4, -0.2) is 0 Å². The normalized spacial score (nSPS) is 22.3. The van der Waals surface area contributed by atoms with Crippen LogP contribution in [0.1, 0.15) is 24.4 Å². The van der Waals surface area contributed by atoms with Crippen molar-refractivity contribution < 1.29 is 0 Å². The lowest BCUT2D eigenvalue weighted by molar-refractivity contribution is 0.750. The molecule has 2 aromatic rings. The minimum Gasteiger partial charge on any atom is -0.329 e. The summed E-state index contributed by atoms with van der Waals surface area (Å²) in [4.78, 5) is 2.57. The number of rotatable bonds is 0. The van der Waals surface area contributed by atoms with Crippen molar-refractivity contribution in [3.63, 3.8) is 0 Å². The Hall–Kier alpha value is -2.80. The lowest BCUT2D eigenvalue weighted by atomic mass is 9.78. The molecule has 0 spiro atoms. The van der Waals surface area contributed by atoms with E-state index in [-0.39, 0.29) is 0 Å². The summed E-state index contributed by atoms with van der Waals surface area (Å²) in [5.74, 6) is 0. The van der Waals surface area contributed by atoms with Gasteiger partial charge in [-0.15, -0.1) is 0 Å². The smallest absolute Gasteiger partial charge is 0.0854 e. The molecule has 114 valence electrons. The van der Waals surface area contributed by atoms with Crippen LogP contribution in [0.2, 0.25) is 0 Å². The lowest BCUT2D eigenvalue weighted by Crippen LogP contribution is -2.37. The third kappa shape index (κ3) is 1.41. The molecule has 4 aliphatic rings. The fourth-order valence-electron chi connectivity index (χ4n) is 4.78. The maximum Gasteiger partial charge on any atom is 0.0854 e. The predicted molar refractivity (Wildman–Crippen MR) is 98.7 cm³/mol. The van der Waals surface area contributed by atoms with Gasteiger partial charge in [0.05, 0.1) is 6.04 Å². The molecule has 0 N–H and O–H groups in total. The molecular formula is C23H17N. The molecular weight excluding hydrogens is 290 g/mol. The van der Waals surface area contributed by atoms with Gasteiger partial charge in [-0.25, -0.2) is 0 Å². The molecule has 0 aromatic heterocycles. The molecule has 2 aromatic carbocycles. The maximum atomic E-state index is 2.57. The first kappa shape index (κ1) is 12.6. The number of hydrogen-bond donors (Lipinski definition) is 0. The van der Waals surface area contributed by atoms with E-state index in [2.05, 4.69) is 77.7 Å². The molecule has 1 nitrogen and oxygen atoms in total. The van der Waals surface area contributed by atoms with E-state index in [0.717, 1.165) is 12.8 Å². The highest BCUT2D eigenvalue weighted by Crippen LogP contribution is 2.57. The third-order valence-electron chi connectivity index (χ3n) is 5.69. The van der Waals surface area contributed by atoms with Gasteiger partial charge in [0.2, 0.25) is 0 Å². The van der Waals surface area contributed by atoms with E-state index >= 15 is 0 Å². The quantitative estimate of drug-likeness (QED) is 0.603. The SMILES string of the molecule is C1=C2C3=CCC=C3N3c4ccccc4-c4ccccc4C3C2=CC1. The van der Waals surface area contributed by atoms with Crippen molar-refractivity contribution in [2.24, 2.45) is 0 Å². The molecule has 2 aliphatic carbocycles. The summed E-state index contributed by atoms with van der Waals surface area (Å²) in [7, 11) is 0. The van der Waals surface area contributed by atoms with Crippen molar-refractivity contribution in [2.75, 3.05) is 4.90 Å². The van der Waals surface area contributed by atoms with Gasteiger partial charge in [-0.3, -0.25) is 0 Å². The van der Waals surface area contributed by atoms with Crippen molar-refractivity contribution in [3.8, 4) is 11.1 Å². The van der Waals surface area contributed by atoms with Gasteiger partial charge in [0, 0.05) is 22.5 Å². The second kappa shape index (κ2) is 4.39. The van der Waals surface area contributed by atoms with Crippen LogP contribution in [0, 0.1) is 0 Å². The van der Waals surface area contributed by atoms with E-state index < -0.39 is 0 Å². The van der Waals surface area contributed by atoms with Crippen LogP contribution >= 0.6 is 0 Å². The van der Waals surface area contributed by atoms with Crippen molar-refractivity contribution >= 4 is 5.69 Å². The number of hydrogen-bond acceptors (Lipinski definition) is 1. The molecule has 0 radical (unpaired) electrons.